The molecule has 0 aromatic heterocycles. The highest BCUT2D eigenvalue weighted by Gasteiger charge is 2.19. The Kier molecular flexibility index (Phi) is 6.86. The van der Waals surface area contributed by atoms with Crippen LogP contribution in [0.3, 0.4) is 0 Å². The van der Waals surface area contributed by atoms with Gasteiger partial charge in [-0.05, 0) is 55.8 Å². The van der Waals surface area contributed by atoms with Crippen molar-refractivity contribution in [2.24, 2.45) is 0 Å². The van der Waals surface area contributed by atoms with Crippen LogP contribution >= 0.6 is 11.6 Å². The molecule has 7 heteroatoms. The minimum absolute atomic E-state index is 0.305. The molecule has 2 rings (SSSR count). The van der Waals surface area contributed by atoms with Crippen molar-refractivity contribution in [2.75, 3.05) is 19.0 Å². The molecule has 1 unspecified atom stereocenters. The van der Waals surface area contributed by atoms with E-state index in [4.69, 9.17) is 25.8 Å². The topological polar surface area (TPSA) is 73.9 Å². The summed E-state index contributed by atoms with van der Waals surface area (Å²) >= 11 is 5.92. The zero-order valence-electron chi connectivity index (χ0n) is 14.7. The number of nitrogens with one attached hydrogen (secondary N) is 1. The van der Waals surface area contributed by atoms with E-state index in [0.717, 1.165) is 5.56 Å². The first-order valence-electron chi connectivity index (χ1n) is 7.92. The Labute approximate surface area is 157 Å². The number of carbonyl (C=O) groups is 2. The number of benzene rings is 2. The lowest BCUT2D eigenvalue weighted by molar-refractivity contribution is -0.155. The number of halogens is 1. The van der Waals surface area contributed by atoms with Gasteiger partial charge in [0.05, 0.1) is 7.11 Å². The number of anilines is 1. The molecule has 0 bridgehead atoms. The van der Waals surface area contributed by atoms with Gasteiger partial charge in [0.25, 0.3) is 5.91 Å². The SMILES string of the molecule is COc1ccc(OCC(=O)OC(C)C(=O)Nc2cc(Cl)ccc2C)cc1. The van der Waals surface area contributed by atoms with Crippen molar-refractivity contribution < 1.29 is 23.8 Å². The quantitative estimate of drug-likeness (QED) is 0.746. The lowest BCUT2D eigenvalue weighted by Gasteiger charge is -2.15. The van der Waals surface area contributed by atoms with Crippen LogP contribution in [0.4, 0.5) is 5.69 Å². The number of esters is 1. The lowest BCUT2D eigenvalue weighted by Crippen LogP contribution is -2.31. The molecular formula is C19H20ClNO5. The summed E-state index contributed by atoms with van der Waals surface area (Å²) in [5.41, 5.74) is 1.42. The monoisotopic (exact) mass is 377 g/mol. The molecule has 0 aliphatic rings. The van der Waals surface area contributed by atoms with E-state index >= 15 is 0 Å². The predicted octanol–water partition coefficient (Wildman–Crippen LogP) is 3.61. The second-order valence-corrected chi connectivity index (χ2v) is 5.98. The summed E-state index contributed by atoms with van der Waals surface area (Å²) < 4.78 is 15.4. The lowest BCUT2D eigenvalue weighted by atomic mass is 10.2. The van der Waals surface area contributed by atoms with E-state index in [9.17, 15) is 9.59 Å². The Morgan fingerprint density at radius 3 is 2.42 bits per heavy atom. The van der Waals surface area contributed by atoms with Gasteiger partial charge < -0.3 is 19.5 Å². The molecule has 0 aliphatic heterocycles. The summed E-state index contributed by atoms with van der Waals surface area (Å²) in [6.45, 7) is 3.02. The van der Waals surface area contributed by atoms with Crippen LogP contribution < -0.4 is 14.8 Å². The van der Waals surface area contributed by atoms with Crippen LogP contribution in [0.1, 0.15) is 12.5 Å². The van der Waals surface area contributed by atoms with Gasteiger partial charge in [-0.2, -0.15) is 0 Å². The highest BCUT2D eigenvalue weighted by atomic mass is 35.5. The van der Waals surface area contributed by atoms with E-state index in [1.54, 1.807) is 49.6 Å². The number of aryl methyl sites for hydroxylation is 1. The first-order chi connectivity index (χ1) is 12.4. The third kappa shape index (κ3) is 5.67. The van der Waals surface area contributed by atoms with Crippen LogP contribution in [0.2, 0.25) is 5.02 Å². The van der Waals surface area contributed by atoms with Crippen molar-refractivity contribution in [1.82, 2.24) is 0 Å². The predicted molar refractivity (Wildman–Crippen MR) is 98.9 cm³/mol. The molecule has 0 saturated carbocycles. The molecule has 1 N–H and O–H groups in total. The zero-order chi connectivity index (χ0) is 19.1. The number of hydrogen-bond donors (Lipinski definition) is 1. The van der Waals surface area contributed by atoms with Gasteiger partial charge in [-0.25, -0.2) is 4.79 Å². The summed E-state index contributed by atoms with van der Waals surface area (Å²) in [7, 11) is 1.56. The molecule has 2 aromatic carbocycles. The number of hydrogen-bond acceptors (Lipinski definition) is 5. The molecule has 2 aromatic rings. The molecule has 1 atom stereocenters. The van der Waals surface area contributed by atoms with Crippen LogP contribution in [0.25, 0.3) is 0 Å². The average Bonchev–Trinajstić information content (AvgIpc) is 2.63. The number of ether oxygens (including phenoxy) is 3. The Morgan fingerprint density at radius 2 is 1.77 bits per heavy atom. The molecule has 26 heavy (non-hydrogen) atoms. The van der Waals surface area contributed by atoms with Gasteiger partial charge in [-0.3, -0.25) is 4.79 Å². The van der Waals surface area contributed by atoms with Gasteiger partial charge >= 0.3 is 5.97 Å². The highest BCUT2D eigenvalue weighted by molar-refractivity contribution is 6.31. The Hall–Kier alpha value is -2.73. The van der Waals surface area contributed by atoms with E-state index in [1.165, 1.54) is 6.92 Å². The molecular weight excluding hydrogens is 358 g/mol. The van der Waals surface area contributed by atoms with E-state index < -0.39 is 18.0 Å². The molecule has 0 radical (unpaired) electrons. The molecule has 1 amide bonds. The van der Waals surface area contributed by atoms with E-state index in [2.05, 4.69) is 5.32 Å². The van der Waals surface area contributed by atoms with Crippen molar-refractivity contribution in [1.29, 1.82) is 0 Å². The summed E-state index contributed by atoms with van der Waals surface area (Å²) in [5.74, 6) is 0.0791. The largest absolute Gasteiger partial charge is 0.497 e. The van der Waals surface area contributed by atoms with Crippen molar-refractivity contribution in [3.8, 4) is 11.5 Å². The standard InChI is InChI=1S/C19H20ClNO5/c1-12-4-5-14(20)10-17(12)21-19(23)13(2)26-18(22)11-25-16-8-6-15(24-3)7-9-16/h4-10,13H,11H2,1-3H3,(H,21,23). The molecule has 0 fully saturated rings. The molecule has 0 saturated heterocycles. The molecule has 0 spiro atoms. The van der Waals surface area contributed by atoms with Crippen LogP contribution in [0.5, 0.6) is 11.5 Å². The number of carbonyl (C=O) groups excluding carboxylic acids is 2. The fraction of sp³-hybridized carbons (Fsp3) is 0.263. The smallest absolute Gasteiger partial charge is 0.344 e. The van der Waals surface area contributed by atoms with Crippen LogP contribution in [-0.4, -0.2) is 31.7 Å². The minimum Gasteiger partial charge on any atom is -0.497 e. The molecule has 138 valence electrons. The van der Waals surface area contributed by atoms with E-state index in [0.29, 0.717) is 22.2 Å². The van der Waals surface area contributed by atoms with Gasteiger partial charge in [-0.1, -0.05) is 17.7 Å². The normalized spacial score (nSPS) is 11.4. The maximum atomic E-state index is 12.2. The number of amides is 1. The summed E-state index contributed by atoms with van der Waals surface area (Å²) in [6.07, 6.45) is -0.972. The molecule has 0 heterocycles. The van der Waals surface area contributed by atoms with E-state index in [1.807, 2.05) is 6.92 Å². The van der Waals surface area contributed by atoms with Crippen molar-refractivity contribution in [3.63, 3.8) is 0 Å². The Balaban J connectivity index is 1.83. The van der Waals surface area contributed by atoms with Crippen LogP contribution in [-0.2, 0) is 14.3 Å². The van der Waals surface area contributed by atoms with Gasteiger partial charge in [0.2, 0.25) is 0 Å². The first-order valence-corrected chi connectivity index (χ1v) is 8.30. The first kappa shape index (κ1) is 19.6. The van der Waals surface area contributed by atoms with Gasteiger partial charge in [0.15, 0.2) is 12.7 Å². The fourth-order valence-corrected chi connectivity index (χ4v) is 2.23. The van der Waals surface area contributed by atoms with Crippen molar-refractivity contribution in [2.45, 2.75) is 20.0 Å². The second kappa shape index (κ2) is 9.10. The average molecular weight is 378 g/mol. The minimum atomic E-state index is -0.972. The summed E-state index contributed by atoms with van der Waals surface area (Å²) in [6, 6.07) is 11.9. The maximum absolute atomic E-state index is 12.2. The van der Waals surface area contributed by atoms with Gasteiger partial charge in [-0.15, -0.1) is 0 Å². The third-order valence-electron chi connectivity index (χ3n) is 3.55. The second-order valence-electron chi connectivity index (χ2n) is 5.54. The highest BCUT2D eigenvalue weighted by Crippen LogP contribution is 2.20. The Bertz CT molecular complexity index is 776. The molecule has 0 aliphatic carbocycles. The van der Waals surface area contributed by atoms with E-state index in [-0.39, 0.29) is 6.61 Å². The Morgan fingerprint density at radius 1 is 1.12 bits per heavy atom. The summed E-state index contributed by atoms with van der Waals surface area (Å²) in [4.78, 5) is 24.0. The van der Waals surface area contributed by atoms with Gasteiger partial charge in [0, 0.05) is 10.7 Å². The fourth-order valence-electron chi connectivity index (χ4n) is 2.06. The van der Waals surface area contributed by atoms with Crippen molar-refractivity contribution in [3.05, 3.63) is 53.1 Å². The number of methoxy groups -OCH3 is 1. The van der Waals surface area contributed by atoms with Gasteiger partial charge in [0.1, 0.15) is 11.5 Å². The third-order valence-corrected chi connectivity index (χ3v) is 3.79. The zero-order valence-corrected chi connectivity index (χ0v) is 15.5. The molecule has 6 nitrogen and oxygen atoms in total. The number of rotatable bonds is 7. The van der Waals surface area contributed by atoms with Crippen LogP contribution in [0.15, 0.2) is 42.5 Å². The van der Waals surface area contributed by atoms with Crippen LogP contribution in [0, 0.1) is 6.92 Å². The van der Waals surface area contributed by atoms with Crippen molar-refractivity contribution >= 4 is 29.2 Å². The summed E-state index contributed by atoms with van der Waals surface area (Å²) in [5, 5.41) is 3.19. The maximum Gasteiger partial charge on any atom is 0.344 e.